The van der Waals surface area contributed by atoms with Crippen molar-refractivity contribution in [2.75, 3.05) is 7.11 Å². The lowest BCUT2D eigenvalue weighted by Gasteiger charge is -2.30. The molecule has 0 radical (unpaired) electrons. The van der Waals surface area contributed by atoms with E-state index in [-0.39, 0.29) is 50.6 Å². The molecule has 12 nitrogen and oxygen atoms in total. The van der Waals surface area contributed by atoms with Crippen LogP contribution in [0.2, 0.25) is 5.02 Å². The molecule has 1 atom stereocenters. The number of ketones is 1. The SMILES string of the molecule is CCc1c(C)c(C(=O)O)c(C)c(C)c1OC(=O)c1c(C)cc(OC(=O)c2c(C)c(C)c(OC(=O)C3(O)C(C)=CC(=O)C=C3OC)c(Cl)c2O)c(C)c1C. The number of esters is 3. The first-order valence-corrected chi connectivity index (χ1v) is 16.9. The second-order valence-corrected chi connectivity index (χ2v) is 13.3. The van der Waals surface area contributed by atoms with Crippen LogP contribution < -0.4 is 14.2 Å². The van der Waals surface area contributed by atoms with Gasteiger partial charge in [-0.15, -0.1) is 0 Å². The fourth-order valence-corrected chi connectivity index (χ4v) is 6.82. The van der Waals surface area contributed by atoms with Crippen LogP contribution in [0, 0.1) is 55.4 Å². The van der Waals surface area contributed by atoms with Crippen molar-refractivity contribution in [3.63, 3.8) is 0 Å². The van der Waals surface area contributed by atoms with Crippen LogP contribution in [0.15, 0.2) is 29.6 Å². The molecule has 13 heteroatoms. The number of methoxy groups -OCH3 is 1. The predicted molar refractivity (Wildman–Crippen MR) is 195 cm³/mol. The van der Waals surface area contributed by atoms with Crippen molar-refractivity contribution in [1.29, 1.82) is 0 Å². The maximum atomic E-state index is 13.7. The molecule has 280 valence electrons. The molecule has 0 saturated heterocycles. The summed E-state index contributed by atoms with van der Waals surface area (Å²) < 4.78 is 22.3. The molecule has 1 unspecified atom stereocenters. The van der Waals surface area contributed by atoms with Crippen LogP contribution in [-0.2, 0) is 20.7 Å². The number of hydrogen-bond donors (Lipinski definition) is 3. The van der Waals surface area contributed by atoms with Crippen molar-refractivity contribution in [2.45, 2.75) is 81.3 Å². The minimum atomic E-state index is -2.47. The number of phenols is 1. The van der Waals surface area contributed by atoms with Crippen LogP contribution in [0.25, 0.3) is 0 Å². The van der Waals surface area contributed by atoms with Crippen LogP contribution >= 0.6 is 11.6 Å². The average Bonchev–Trinajstić information content (AvgIpc) is 3.08. The van der Waals surface area contributed by atoms with E-state index in [9.17, 15) is 39.3 Å². The Labute approximate surface area is 311 Å². The maximum Gasteiger partial charge on any atom is 0.356 e. The van der Waals surface area contributed by atoms with E-state index < -0.39 is 46.0 Å². The van der Waals surface area contributed by atoms with Crippen molar-refractivity contribution in [3.05, 3.63) is 101 Å². The second-order valence-electron chi connectivity index (χ2n) is 13.0. The smallest absolute Gasteiger partial charge is 0.356 e. The summed E-state index contributed by atoms with van der Waals surface area (Å²) in [6.45, 7) is 16.1. The summed E-state index contributed by atoms with van der Waals surface area (Å²) in [5.74, 6) is -5.60. The standard InChI is InChI=1S/C40H41ClO12/c1-12-26-24(10)30(36(44)45)20(6)22(8)34(26)52-37(46)29-16(2)13-27(18(4)19(29)5)51-38(47)31-21(7)23(9)35(32(41)33(31)43)53-39(48)40(49)17(3)14-25(42)15-28(40)50-11/h13-15,43,49H,12H2,1-11H3,(H,44,45). The topological polar surface area (TPSA) is 183 Å². The van der Waals surface area contributed by atoms with Gasteiger partial charge in [0, 0.05) is 6.08 Å². The largest absolute Gasteiger partial charge is 0.505 e. The van der Waals surface area contributed by atoms with Gasteiger partial charge in [0.05, 0.1) is 18.2 Å². The van der Waals surface area contributed by atoms with Gasteiger partial charge >= 0.3 is 23.9 Å². The summed E-state index contributed by atoms with van der Waals surface area (Å²) in [5, 5.41) is 31.6. The molecule has 53 heavy (non-hydrogen) atoms. The fourth-order valence-electron chi connectivity index (χ4n) is 6.54. The second kappa shape index (κ2) is 14.9. The van der Waals surface area contributed by atoms with Crippen LogP contribution in [0.1, 0.15) is 95.0 Å². The summed E-state index contributed by atoms with van der Waals surface area (Å²) in [6, 6.07) is 1.48. The third-order valence-corrected chi connectivity index (χ3v) is 10.3. The van der Waals surface area contributed by atoms with Crippen molar-refractivity contribution in [2.24, 2.45) is 0 Å². The van der Waals surface area contributed by atoms with E-state index in [1.165, 1.54) is 33.9 Å². The predicted octanol–water partition coefficient (Wildman–Crippen LogP) is 6.91. The molecular formula is C40H41ClO12. The summed E-state index contributed by atoms with van der Waals surface area (Å²) in [7, 11) is 1.17. The van der Waals surface area contributed by atoms with E-state index in [1.54, 1.807) is 41.5 Å². The molecule has 0 amide bonds. The first kappa shape index (κ1) is 40.3. The van der Waals surface area contributed by atoms with E-state index in [4.69, 9.17) is 30.5 Å². The number of aromatic hydroxyl groups is 1. The lowest BCUT2D eigenvalue weighted by Crippen LogP contribution is -2.47. The van der Waals surface area contributed by atoms with Gasteiger partial charge in [-0.2, -0.15) is 0 Å². The Morgan fingerprint density at radius 1 is 0.736 bits per heavy atom. The van der Waals surface area contributed by atoms with E-state index in [2.05, 4.69) is 0 Å². The van der Waals surface area contributed by atoms with Gasteiger partial charge in [0.1, 0.15) is 27.8 Å². The van der Waals surface area contributed by atoms with Gasteiger partial charge in [-0.25, -0.2) is 19.2 Å². The number of carbonyl (C=O) groups excluding carboxylic acids is 4. The lowest BCUT2D eigenvalue weighted by molar-refractivity contribution is -0.151. The molecule has 0 heterocycles. The minimum absolute atomic E-state index is 0.0672. The molecule has 3 aromatic carbocycles. The Hall–Kier alpha value is -5.46. The maximum absolute atomic E-state index is 13.7. The zero-order valence-electron chi connectivity index (χ0n) is 31.3. The van der Waals surface area contributed by atoms with E-state index >= 15 is 0 Å². The Balaban J connectivity index is 1.67. The third kappa shape index (κ3) is 6.80. The number of carboxylic acid groups (broad SMARTS) is 1. The third-order valence-electron chi connectivity index (χ3n) is 9.99. The lowest BCUT2D eigenvalue weighted by atomic mass is 9.87. The number of aryl methyl sites for hydroxylation is 1. The molecule has 3 aromatic rings. The summed E-state index contributed by atoms with van der Waals surface area (Å²) in [4.78, 5) is 64.6. The molecule has 0 bridgehead atoms. The number of rotatable bonds is 9. The van der Waals surface area contributed by atoms with Gasteiger partial charge in [0.25, 0.3) is 0 Å². The Bertz CT molecular complexity index is 2180. The Morgan fingerprint density at radius 2 is 1.28 bits per heavy atom. The molecule has 0 aromatic heterocycles. The number of allylic oxidation sites excluding steroid dienone is 2. The molecule has 3 N–H and O–H groups in total. The zero-order valence-corrected chi connectivity index (χ0v) is 32.1. The average molecular weight is 749 g/mol. The molecule has 0 saturated carbocycles. The first-order valence-electron chi connectivity index (χ1n) is 16.5. The van der Waals surface area contributed by atoms with Crippen molar-refractivity contribution in [1.82, 2.24) is 0 Å². The molecule has 0 fully saturated rings. The molecular weight excluding hydrogens is 708 g/mol. The van der Waals surface area contributed by atoms with Gasteiger partial charge in [0.15, 0.2) is 17.3 Å². The summed E-state index contributed by atoms with van der Waals surface area (Å²) >= 11 is 6.45. The van der Waals surface area contributed by atoms with Gasteiger partial charge in [-0.1, -0.05) is 18.5 Å². The van der Waals surface area contributed by atoms with Crippen LogP contribution in [0.4, 0.5) is 0 Å². The van der Waals surface area contributed by atoms with Crippen molar-refractivity contribution < 1.29 is 58.2 Å². The molecule has 0 spiro atoms. The summed E-state index contributed by atoms with van der Waals surface area (Å²) in [5.41, 5.74) is 1.30. The highest BCUT2D eigenvalue weighted by molar-refractivity contribution is 6.34. The first-order chi connectivity index (χ1) is 24.6. The fraction of sp³-hybridized carbons (Fsp3) is 0.325. The molecule has 1 aliphatic rings. The number of phenolic OH excluding ortho intramolecular Hbond substituents is 1. The van der Waals surface area contributed by atoms with Crippen LogP contribution in [0.5, 0.6) is 23.0 Å². The molecule has 1 aliphatic carbocycles. The van der Waals surface area contributed by atoms with E-state index in [0.717, 1.165) is 12.2 Å². The zero-order chi connectivity index (χ0) is 40.0. The van der Waals surface area contributed by atoms with Gasteiger partial charge in [-0.05, 0) is 137 Å². The highest BCUT2D eigenvalue weighted by atomic mass is 35.5. The van der Waals surface area contributed by atoms with Crippen molar-refractivity contribution >= 4 is 41.3 Å². The highest BCUT2D eigenvalue weighted by Gasteiger charge is 2.48. The number of halogens is 1. The monoisotopic (exact) mass is 748 g/mol. The number of carboxylic acids is 1. The number of carbonyl (C=O) groups is 5. The normalized spacial score (nSPS) is 15.4. The van der Waals surface area contributed by atoms with Gasteiger partial charge in [-0.3, -0.25) is 4.79 Å². The van der Waals surface area contributed by atoms with Crippen molar-refractivity contribution in [3.8, 4) is 23.0 Å². The Morgan fingerprint density at radius 3 is 1.85 bits per heavy atom. The Kier molecular flexibility index (Phi) is 11.3. The molecule has 4 rings (SSSR count). The minimum Gasteiger partial charge on any atom is -0.505 e. The van der Waals surface area contributed by atoms with Crippen LogP contribution in [-0.4, -0.2) is 57.7 Å². The summed E-state index contributed by atoms with van der Waals surface area (Å²) in [6.07, 6.45) is 2.42. The van der Waals surface area contributed by atoms with Gasteiger partial charge in [0.2, 0.25) is 5.60 Å². The number of aromatic carboxylic acids is 1. The quantitative estimate of drug-likeness (QED) is 0.152. The van der Waals surface area contributed by atoms with Gasteiger partial charge < -0.3 is 34.3 Å². The number of ether oxygens (including phenoxy) is 4. The van der Waals surface area contributed by atoms with E-state index in [1.807, 2.05) is 6.92 Å². The van der Waals surface area contributed by atoms with Crippen LogP contribution in [0.3, 0.4) is 0 Å². The number of benzene rings is 3. The number of aliphatic hydroxyl groups is 1. The highest BCUT2D eigenvalue weighted by Crippen LogP contribution is 2.44. The van der Waals surface area contributed by atoms with E-state index in [0.29, 0.717) is 51.1 Å². The number of hydrogen-bond acceptors (Lipinski definition) is 11. The molecule has 0 aliphatic heterocycles.